The zero-order valence-corrected chi connectivity index (χ0v) is 12.1. The van der Waals surface area contributed by atoms with Gasteiger partial charge in [0.05, 0.1) is 12.0 Å². The fourth-order valence-corrected chi connectivity index (χ4v) is 2.29. The molecule has 2 rings (SSSR count). The smallest absolute Gasteiger partial charge is 0.236 e. The summed E-state index contributed by atoms with van der Waals surface area (Å²) in [5.74, 6) is 0.936. The van der Waals surface area contributed by atoms with E-state index in [4.69, 9.17) is 4.52 Å². The number of piperazine rings is 1. The summed E-state index contributed by atoms with van der Waals surface area (Å²) in [6.45, 7) is 6.57. The molecule has 2 atom stereocenters. The molecule has 0 aliphatic carbocycles. The van der Waals surface area contributed by atoms with Gasteiger partial charge in [0.2, 0.25) is 5.89 Å². The summed E-state index contributed by atoms with van der Waals surface area (Å²) in [6, 6.07) is 0.139. The standard InChI is InChI=1S/C13H22N4O2/c1-5-11(18)9(2)13-14-12(15-19-13)10-8-16(3)6-7-17(10)4/h9-10H,5-8H2,1-4H3. The zero-order chi connectivity index (χ0) is 14.0. The third-order valence-electron chi connectivity index (χ3n) is 3.81. The van der Waals surface area contributed by atoms with Gasteiger partial charge < -0.3 is 9.42 Å². The van der Waals surface area contributed by atoms with Crippen LogP contribution in [-0.4, -0.2) is 59.5 Å². The number of carbonyl (C=O) groups is 1. The summed E-state index contributed by atoms with van der Waals surface area (Å²) >= 11 is 0. The SMILES string of the molecule is CCC(=O)C(C)c1nc(C2CN(C)CCN2C)no1. The normalized spacial score (nSPS) is 23.5. The highest BCUT2D eigenvalue weighted by Gasteiger charge is 2.29. The molecule has 0 amide bonds. The van der Waals surface area contributed by atoms with E-state index in [9.17, 15) is 4.79 Å². The van der Waals surface area contributed by atoms with E-state index in [-0.39, 0.29) is 17.7 Å². The van der Waals surface area contributed by atoms with Crippen LogP contribution in [0, 0.1) is 0 Å². The second-order valence-corrected chi connectivity index (χ2v) is 5.29. The number of aromatic nitrogens is 2. The molecule has 0 spiro atoms. The molecular formula is C13H22N4O2. The number of Topliss-reactive ketones (excluding diaryl/α,β-unsaturated/α-hetero) is 1. The Balaban J connectivity index is 2.14. The number of nitrogens with zero attached hydrogens (tertiary/aromatic N) is 4. The molecule has 1 aromatic heterocycles. The molecule has 106 valence electrons. The van der Waals surface area contributed by atoms with Gasteiger partial charge in [-0.05, 0) is 21.0 Å². The third kappa shape index (κ3) is 3.01. The first-order valence-corrected chi connectivity index (χ1v) is 6.78. The molecule has 0 aromatic carbocycles. The van der Waals surface area contributed by atoms with Crippen molar-refractivity contribution >= 4 is 5.78 Å². The first kappa shape index (κ1) is 14.1. The summed E-state index contributed by atoms with van der Waals surface area (Å²) in [6.07, 6.45) is 0.491. The molecule has 1 aliphatic rings. The van der Waals surface area contributed by atoms with E-state index in [2.05, 4.69) is 34.0 Å². The number of carbonyl (C=O) groups excluding carboxylic acids is 1. The molecule has 0 radical (unpaired) electrons. The average Bonchev–Trinajstić information content (AvgIpc) is 2.89. The lowest BCUT2D eigenvalue weighted by Gasteiger charge is -2.35. The minimum absolute atomic E-state index is 0.129. The van der Waals surface area contributed by atoms with Crippen molar-refractivity contribution in [3.63, 3.8) is 0 Å². The van der Waals surface area contributed by atoms with Gasteiger partial charge in [-0.25, -0.2) is 0 Å². The summed E-state index contributed by atoms with van der Waals surface area (Å²) < 4.78 is 5.26. The van der Waals surface area contributed by atoms with Gasteiger partial charge in [-0.3, -0.25) is 9.69 Å². The first-order valence-electron chi connectivity index (χ1n) is 6.78. The molecule has 1 fully saturated rings. The van der Waals surface area contributed by atoms with Crippen LogP contribution in [0.15, 0.2) is 4.52 Å². The fraction of sp³-hybridized carbons (Fsp3) is 0.769. The molecule has 0 N–H and O–H groups in total. The molecule has 1 aromatic rings. The van der Waals surface area contributed by atoms with Gasteiger partial charge in [-0.2, -0.15) is 4.98 Å². The van der Waals surface area contributed by atoms with Gasteiger partial charge in [-0.15, -0.1) is 0 Å². The summed E-state index contributed by atoms with van der Waals surface area (Å²) in [4.78, 5) is 20.6. The maximum atomic E-state index is 11.7. The molecule has 0 saturated carbocycles. The highest BCUT2D eigenvalue weighted by atomic mass is 16.5. The predicted molar refractivity (Wildman–Crippen MR) is 70.9 cm³/mol. The Morgan fingerprint density at radius 3 is 2.89 bits per heavy atom. The monoisotopic (exact) mass is 266 g/mol. The van der Waals surface area contributed by atoms with Crippen LogP contribution in [0.2, 0.25) is 0 Å². The van der Waals surface area contributed by atoms with Crippen LogP contribution >= 0.6 is 0 Å². The van der Waals surface area contributed by atoms with Gasteiger partial charge in [0.15, 0.2) is 5.82 Å². The van der Waals surface area contributed by atoms with Crippen molar-refractivity contribution < 1.29 is 9.32 Å². The topological polar surface area (TPSA) is 62.5 Å². The Morgan fingerprint density at radius 2 is 2.21 bits per heavy atom. The summed E-state index contributed by atoms with van der Waals surface area (Å²) in [5.41, 5.74) is 0. The number of rotatable bonds is 4. The second-order valence-electron chi connectivity index (χ2n) is 5.29. The molecule has 6 heteroatoms. The van der Waals surface area contributed by atoms with Gasteiger partial charge in [0.25, 0.3) is 0 Å². The second kappa shape index (κ2) is 5.79. The number of ketones is 1. The third-order valence-corrected chi connectivity index (χ3v) is 3.81. The lowest BCUT2D eigenvalue weighted by atomic mass is 10.1. The molecular weight excluding hydrogens is 244 g/mol. The zero-order valence-electron chi connectivity index (χ0n) is 12.1. The van der Waals surface area contributed by atoms with Crippen molar-refractivity contribution in [2.75, 3.05) is 33.7 Å². The lowest BCUT2D eigenvalue weighted by molar-refractivity contribution is -0.120. The number of likely N-dealkylation sites (N-methyl/N-ethyl adjacent to an activating group) is 2. The molecule has 19 heavy (non-hydrogen) atoms. The molecule has 1 saturated heterocycles. The van der Waals surface area contributed by atoms with Crippen LogP contribution in [0.1, 0.15) is 43.9 Å². The van der Waals surface area contributed by atoms with Crippen molar-refractivity contribution in [3.05, 3.63) is 11.7 Å². The predicted octanol–water partition coefficient (Wildman–Crippen LogP) is 1.07. The number of hydrogen-bond acceptors (Lipinski definition) is 6. The minimum Gasteiger partial charge on any atom is -0.339 e. The molecule has 6 nitrogen and oxygen atoms in total. The summed E-state index contributed by atoms with van der Waals surface area (Å²) in [5, 5.41) is 4.06. The quantitative estimate of drug-likeness (QED) is 0.812. The Hall–Kier alpha value is -1.27. The van der Waals surface area contributed by atoms with Gasteiger partial charge >= 0.3 is 0 Å². The minimum atomic E-state index is -0.308. The van der Waals surface area contributed by atoms with Crippen molar-refractivity contribution in [2.45, 2.75) is 32.2 Å². The Kier molecular flexibility index (Phi) is 4.31. The van der Waals surface area contributed by atoms with Gasteiger partial charge in [0.1, 0.15) is 5.78 Å². The van der Waals surface area contributed by atoms with Crippen molar-refractivity contribution in [1.82, 2.24) is 19.9 Å². The largest absolute Gasteiger partial charge is 0.339 e. The Bertz CT molecular complexity index is 446. The van der Waals surface area contributed by atoms with E-state index in [1.165, 1.54) is 0 Å². The van der Waals surface area contributed by atoms with E-state index in [1.54, 1.807) is 0 Å². The molecule has 0 bridgehead atoms. The lowest BCUT2D eigenvalue weighted by Crippen LogP contribution is -2.45. The fourth-order valence-electron chi connectivity index (χ4n) is 2.29. The first-order chi connectivity index (χ1) is 9.02. The maximum Gasteiger partial charge on any atom is 0.236 e. The highest BCUT2D eigenvalue weighted by Crippen LogP contribution is 2.23. The van der Waals surface area contributed by atoms with Crippen molar-refractivity contribution in [3.8, 4) is 0 Å². The Labute approximate surface area is 113 Å². The van der Waals surface area contributed by atoms with E-state index >= 15 is 0 Å². The van der Waals surface area contributed by atoms with Gasteiger partial charge in [-0.1, -0.05) is 12.1 Å². The van der Waals surface area contributed by atoms with Crippen LogP contribution in [0.3, 0.4) is 0 Å². The van der Waals surface area contributed by atoms with Crippen LogP contribution < -0.4 is 0 Å². The highest BCUT2D eigenvalue weighted by molar-refractivity contribution is 5.83. The van der Waals surface area contributed by atoms with Crippen LogP contribution in [0.5, 0.6) is 0 Å². The van der Waals surface area contributed by atoms with Crippen molar-refractivity contribution in [1.29, 1.82) is 0 Å². The van der Waals surface area contributed by atoms with E-state index < -0.39 is 0 Å². The van der Waals surface area contributed by atoms with E-state index in [1.807, 2.05) is 13.8 Å². The average molecular weight is 266 g/mol. The maximum absolute atomic E-state index is 11.7. The van der Waals surface area contributed by atoms with Gasteiger partial charge in [0, 0.05) is 26.1 Å². The molecule has 2 unspecified atom stereocenters. The number of hydrogen-bond donors (Lipinski definition) is 0. The Morgan fingerprint density at radius 1 is 1.47 bits per heavy atom. The molecule has 2 heterocycles. The van der Waals surface area contributed by atoms with Crippen LogP contribution in [0.25, 0.3) is 0 Å². The van der Waals surface area contributed by atoms with Crippen LogP contribution in [0.4, 0.5) is 0 Å². The molecule has 1 aliphatic heterocycles. The van der Waals surface area contributed by atoms with Crippen LogP contribution in [-0.2, 0) is 4.79 Å². The van der Waals surface area contributed by atoms with E-state index in [0.29, 0.717) is 18.1 Å². The van der Waals surface area contributed by atoms with Crippen molar-refractivity contribution in [2.24, 2.45) is 0 Å². The summed E-state index contributed by atoms with van der Waals surface area (Å²) in [7, 11) is 4.15. The van der Waals surface area contributed by atoms with E-state index in [0.717, 1.165) is 19.6 Å².